The number of rotatable bonds is 7. The largest absolute Gasteiger partial charge is 0.307 e. The Hall–Kier alpha value is -8.85. The normalized spacial score (nSPS) is 11.4. The molecule has 0 fully saturated rings. The minimum absolute atomic E-state index is 0.437. The van der Waals surface area contributed by atoms with Crippen LogP contribution in [-0.4, -0.2) is 19.1 Å². The molecule has 0 bridgehead atoms. The highest BCUT2D eigenvalue weighted by Gasteiger charge is 2.27. The summed E-state index contributed by atoms with van der Waals surface area (Å²) in [6.45, 7) is 0. The molecule has 0 aliphatic heterocycles. The van der Waals surface area contributed by atoms with Crippen LogP contribution in [0.25, 0.3) is 111 Å². The first kappa shape index (κ1) is 37.0. The summed E-state index contributed by atoms with van der Waals surface area (Å²) in [5.41, 5.74) is 15.0. The second kappa shape index (κ2) is 15.3. The van der Waals surface area contributed by atoms with Crippen LogP contribution < -0.4 is 0 Å². The summed E-state index contributed by atoms with van der Waals surface area (Å²) in [6.07, 6.45) is 0. The van der Waals surface area contributed by atoms with E-state index in [1.54, 1.807) is 0 Å². The van der Waals surface area contributed by atoms with Crippen molar-refractivity contribution < 1.29 is 0 Å². The molecule has 5 heteroatoms. The number of para-hydroxylation sites is 3. The molecule has 298 valence electrons. The first-order valence-corrected chi connectivity index (χ1v) is 21.5. The molecule has 0 unspecified atom stereocenters. The zero-order valence-corrected chi connectivity index (χ0v) is 34.6. The Kier molecular flexibility index (Phi) is 8.81. The van der Waals surface area contributed by atoms with Gasteiger partial charge in [-0.05, 0) is 47.5 Å². The Bertz CT molecular complexity index is 3630. The Labute approximate surface area is 370 Å². The maximum atomic E-state index is 10.8. The number of benzene rings is 9. The Morgan fingerprint density at radius 2 is 0.750 bits per heavy atom. The highest BCUT2D eigenvalue weighted by Crippen LogP contribution is 2.47. The maximum absolute atomic E-state index is 10.8. The molecule has 12 rings (SSSR count). The summed E-state index contributed by atoms with van der Waals surface area (Å²) in [5, 5.41) is 15.5. The van der Waals surface area contributed by atoms with Gasteiger partial charge in [0.15, 0.2) is 5.82 Å². The van der Waals surface area contributed by atoms with Crippen LogP contribution in [0.4, 0.5) is 0 Å². The fraction of sp³-hybridized carbons (Fsp3) is 0. The monoisotopic (exact) mass is 815 g/mol. The van der Waals surface area contributed by atoms with Crippen LogP contribution in [0, 0.1) is 11.3 Å². The lowest BCUT2D eigenvalue weighted by Gasteiger charge is -2.22. The summed E-state index contributed by atoms with van der Waals surface area (Å²) in [7, 11) is 0. The quantitative estimate of drug-likeness (QED) is 0.161. The number of hydrogen-bond acceptors (Lipinski definition) is 3. The highest BCUT2D eigenvalue weighted by atomic mass is 15.0. The molecule has 3 heterocycles. The number of fused-ring (bicyclic) bond motifs is 7. The third-order valence-electron chi connectivity index (χ3n) is 12.4. The molecule has 64 heavy (non-hydrogen) atoms. The van der Waals surface area contributed by atoms with Crippen molar-refractivity contribution in [1.29, 1.82) is 5.26 Å². The summed E-state index contributed by atoms with van der Waals surface area (Å²) in [4.78, 5) is 10.6. The van der Waals surface area contributed by atoms with Gasteiger partial charge in [0.2, 0.25) is 0 Å². The van der Waals surface area contributed by atoms with Crippen molar-refractivity contribution in [2.75, 3.05) is 0 Å². The average Bonchev–Trinajstić information content (AvgIpc) is 3.90. The molecule has 0 radical (unpaired) electrons. The van der Waals surface area contributed by atoms with Crippen LogP contribution in [0.15, 0.2) is 224 Å². The lowest BCUT2D eigenvalue weighted by atomic mass is 9.92. The Balaban J connectivity index is 1.26. The SMILES string of the molecule is N#Cc1c(-c2ccccc2)nc(-c2cc(-c3ccccc3)c(-n3c4ccccc4c4ccc5c6ccccc6n(-c6ccccc6)c5c43)c(-c3ccccc3)c2)nc1-c1ccccc1. The Morgan fingerprint density at radius 1 is 0.359 bits per heavy atom. The van der Waals surface area contributed by atoms with Gasteiger partial charge in [0.25, 0.3) is 0 Å². The van der Waals surface area contributed by atoms with Gasteiger partial charge in [0.1, 0.15) is 11.6 Å². The van der Waals surface area contributed by atoms with Crippen LogP contribution in [0.2, 0.25) is 0 Å². The van der Waals surface area contributed by atoms with Gasteiger partial charge in [0.05, 0.1) is 39.1 Å². The first-order valence-electron chi connectivity index (χ1n) is 21.5. The fourth-order valence-corrected chi connectivity index (χ4v) is 9.56. The van der Waals surface area contributed by atoms with Crippen molar-refractivity contribution in [2.24, 2.45) is 0 Å². The van der Waals surface area contributed by atoms with Crippen molar-refractivity contribution in [1.82, 2.24) is 19.1 Å². The lowest BCUT2D eigenvalue weighted by Crippen LogP contribution is -2.05. The molecule has 0 saturated carbocycles. The van der Waals surface area contributed by atoms with Gasteiger partial charge in [-0.25, -0.2) is 9.97 Å². The van der Waals surface area contributed by atoms with E-state index in [1.807, 2.05) is 60.7 Å². The highest BCUT2D eigenvalue weighted by molar-refractivity contribution is 6.24. The molecule has 5 nitrogen and oxygen atoms in total. The van der Waals surface area contributed by atoms with E-state index < -0.39 is 0 Å². The van der Waals surface area contributed by atoms with Gasteiger partial charge in [0, 0.05) is 55.0 Å². The van der Waals surface area contributed by atoms with E-state index in [1.165, 1.54) is 21.5 Å². The Morgan fingerprint density at radius 3 is 1.22 bits per heavy atom. The molecule has 9 aromatic carbocycles. The van der Waals surface area contributed by atoms with Crippen molar-refractivity contribution in [3.8, 4) is 73.6 Å². The fourth-order valence-electron chi connectivity index (χ4n) is 9.56. The predicted octanol–water partition coefficient (Wildman–Crippen LogP) is 14.9. The topological polar surface area (TPSA) is 59.4 Å². The van der Waals surface area contributed by atoms with Crippen molar-refractivity contribution in [3.63, 3.8) is 0 Å². The molecular formula is C59H37N5. The summed E-state index contributed by atoms with van der Waals surface area (Å²) < 4.78 is 4.94. The second-order valence-corrected chi connectivity index (χ2v) is 16.0. The summed E-state index contributed by atoms with van der Waals surface area (Å²) in [6, 6.07) is 81.0. The minimum Gasteiger partial charge on any atom is -0.307 e. The van der Waals surface area contributed by atoms with Gasteiger partial charge in [-0.15, -0.1) is 0 Å². The standard InChI is InChI=1S/C59H37N5/c60-38-51-54(41-24-10-3-11-25-41)61-59(62-55(51)42-26-12-4-13-27-42)43-36-49(39-20-6-1-7-21-39)56(50(37-43)40-22-8-2-9-23-40)64-53-33-19-17-31-46(53)48-35-34-47-45-30-16-18-32-52(45)63(57(47)58(48)64)44-28-14-5-15-29-44/h1-37H. The van der Waals surface area contributed by atoms with Crippen LogP contribution in [-0.2, 0) is 0 Å². The van der Waals surface area contributed by atoms with Gasteiger partial charge in [-0.1, -0.05) is 188 Å². The molecule has 12 aromatic rings. The third-order valence-corrected chi connectivity index (χ3v) is 12.4. The minimum atomic E-state index is 0.437. The third kappa shape index (κ3) is 5.93. The van der Waals surface area contributed by atoms with Crippen molar-refractivity contribution in [3.05, 3.63) is 230 Å². The molecule has 0 spiro atoms. The molecule has 0 aliphatic rings. The molecule has 3 aromatic heterocycles. The van der Waals surface area contributed by atoms with Crippen LogP contribution in [0.1, 0.15) is 5.56 Å². The van der Waals surface area contributed by atoms with E-state index >= 15 is 0 Å². The van der Waals surface area contributed by atoms with E-state index in [2.05, 4.69) is 179 Å². The van der Waals surface area contributed by atoms with Gasteiger partial charge in [-0.2, -0.15) is 5.26 Å². The second-order valence-electron chi connectivity index (χ2n) is 16.0. The van der Waals surface area contributed by atoms with E-state index in [-0.39, 0.29) is 0 Å². The number of aromatic nitrogens is 4. The predicted molar refractivity (Wildman–Crippen MR) is 263 cm³/mol. The van der Waals surface area contributed by atoms with Gasteiger partial charge in [-0.3, -0.25) is 0 Å². The number of hydrogen-bond donors (Lipinski definition) is 0. The molecule has 0 atom stereocenters. The zero-order chi connectivity index (χ0) is 42.6. The van der Waals surface area contributed by atoms with Crippen LogP contribution in [0.5, 0.6) is 0 Å². The van der Waals surface area contributed by atoms with E-state index in [9.17, 15) is 5.26 Å². The van der Waals surface area contributed by atoms with Gasteiger partial charge >= 0.3 is 0 Å². The lowest BCUT2D eigenvalue weighted by molar-refractivity contribution is 1.14. The smallest absolute Gasteiger partial charge is 0.160 e. The van der Waals surface area contributed by atoms with Crippen molar-refractivity contribution in [2.45, 2.75) is 0 Å². The van der Waals surface area contributed by atoms with Crippen LogP contribution in [0.3, 0.4) is 0 Å². The number of nitriles is 1. The van der Waals surface area contributed by atoms with E-state index in [0.29, 0.717) is 22.8 Å². The van der Waals surface area contributed by atoms with Crippen LogP contribution >= 0.6 is 0 Å². The molecule has 0 amide bonds. The average molecular weight is 816 g/mol. The van der Waals surface area contributed by atoms with E-state index in [4.69, 9.17) is 9.97 Å². The molecule has 0 saturated heterocycles. The number of nitrogens with zero attached hydrogens (tertiary/aromatic N) is 5. The molecular weight excluding hydrogens is 779 g/mol. The summed E-state index contributed by atoms with van der Waals surface area (Å²) in [5.74, 6) is 0.534. The maximum Gasteiger partial charge on any atom is 0.160 e. The summed E-state index contributed by atoms with van der Waals surface area (Å²) >= 11 is 0. The van der Waals surface area contributed by atoms with Crippen molar-refractivity contribution >= 4 is 43.6 Å². The molecule has 0 N–H and O–H groups in total. The zero-order valence-electron chi connectivity index (χ0n) is 34.6. The molecule has 0 aliphatic carbocycles. The van der Waals surface area contributed by atoms with Gasteiger partial charge < -0.3 is 9.13 Å². The van der Waals surface area contributed by atoms with E-state index in [0.717, 1.165) is 72.4 Å². The first-order chi connectivity index (χ1) is 31.7.